The monoisotopic (exact) mass is 187 g/mol. The van der Waals surface area contributed by atoms with Crippen molar-refractivity contribution in [1.82, 2.24) is 5.32 Å². The molecule has 0 amide bonds. The SMILES string of the molecule is C#CCSCCNCCCOC. The van der Waals surface area contributed by atoms with E-state index in [1.165, 1.54) is 0 Å². The van der Waals surface area contributed by atoms with E-state index in [9.17, 15) is 0 Å². The van der Waals surface area contributed by atoms with Gasteiger partial charge in [-0.3, -0.25) is 0 Å². The standard InChI is InChI=1S/C9H17NOS/c1-3-8-12-9-6-10-5-4-7-11-2/h1,10H,4-9H2,2H3. The van der Waals surface area contributed by atoms with Gasteiger partial charge in [-0.1, -0.05) is 5.92 Å². The molecule has 0 aliphatic rings. The van der Waals surface area contributed by atoms with E-state index in [-0.39, 0.29) is 0 Å². The number of hydrogen-bond donors (Lipinski definition) is 1. The normalized spacial score (nSPS) is 9.67. The zero-order valence-corrected chi connectivity index (χ0v) is 8.45. The van der Waals surface area contributed by atoms with Gasteiger partial charge in [0, 0.05) is 26.0 Å². The minimum atomic E-state index is 0.819. The van der Waals surface area contributed by atoms with Crippen LogP contribution in [0.1, 0.15) is 6.42 Å². The van der Waals surface area contributed by atoms with Crippen LogP contribution in [0.25, 0.3) is 0 Å². The van der Waals surface area contributed by atoms with Crippen LogP contribution in [0.2, 0.25) is 0 Å². The molecule has 0 rings (SSSR count). The Balaban J connectivity index is 2.78. The van der Waals surface area contributed by atoms with Crippen molar-refractivity contribution in [3.63, 3.8) is 0 Å². The summed E-state index contributed by atoms with van der Waals surface area (Å²) in [5, 5.41) is 3.31. The Bertz CT molecular complexity index is 122. The molecule has 2 nitrogen and oxygen atoms in total. The highest BCUT2D eigenvalue weighted by Gasteiger charge is 1.87. The lowest BCUT2D eigenvalue weighted by Gasteiger charge is -2.02. The van der Waals surface area contributed by atoms with E-state index >= 15 is 0 Å². The third-order valence-corrected chi connectivity index (χ3v) is 2.17. The van der Waals surface area contributed by atoms with Gasteiger partial charge >= 0.3 is 0 Å². The Labute approximate surface area is 79.4 Å². The summed E-state index contributed by atoms with van der Waals surface area (Å²) in [7, 11) is 1.72. The molecule has 0 atom stereocenters. The average molecular weight is 187 g/mol. The van der Waals surface area contributed by atoms with E-state index in [4.69, 9.17) is 11.2 Å². The second-order valence-corrected chi connectivity index (χ2v) is 3.46. The van der Waals surface area contributed by atoms with Crippen LogP contribution in [-0.2, 0) is 4.74 Å². The number of thioether (sulfide) groups is 1. The number of nitrogens with one attached hydrogen (secondary N) is 1. The summed E-state index contributed by atoms with van der Waals surface area (Å²) in [5.74, 6) is 4.51. The van der Waals surface area contributed by atoms with E-state index in [0.717, 1.165) is 37.6 Å². The number of terminal acetylenes is 1. The van der Waals surface area contributed by atoms with E-state index < -0.39 is 0 Å². The number of hydrogen-bond acceptors (Lipinski definition) is 3. The Hall–Kier alpha value is -0.170. The minimum absolute atomic E-state index is 0.819. The molecule has 0 radical (unpaired) electrons. The van der Waals surface area contributed by atoms with Gasteiger partial charge in [0.05, 0.1) is 5.75 Å². The van der Waals surface area contributed by atoms with Gasteiger partial charge in [-0.05, 0) is 13.0 Å². The van der Waals surface area contributed by atoms with Crippen LogP contribution in [0.4, 0.5) is 0 Å². The summed E-state index contributed by atoms with van der Waals surface area (Å²) < 4.78 is 4.92. The van der Waals surface area contributed by atoms with E-state index in [0.29, 0.717) is 0 Å². The van der Waals surface area contributed by atoms with Gasteiger partial charge in [0.15, 0.2) is 0 Å². The fourth-order valence-electron chi connectivity index (χ4n) is 0.742. The van der Waals surface area contributed by atoms with Crippen LogP contribution in [-0.4, -0.2) is 38.3 Å². The summed E-state index contributed by atoms with van der Waals surface area (Å²) in [6.07, 6.45) is 6.18. The maximum Gasteiger partial charge on any atom is 0.0545 e. The maximum atomic E-state index is 5.10. The highest BCUT2D eigenvalue weighted by molar-refractivity contribution is 7.99. The first-order chi connectivity index (χ1) is 5.91. The lowest BCUT2D eigenvalue weighted by atomic mass is 10.4. The predicted molar refractivity (Wildman–Crippen MR) is 55.5 cm³/mol. The van der Waals surface area contributed by atoms with Crippen molar-refractivity contribution in [2.75, 3.05) is 38.3 Å². The molecule has 0 spiro atoms. The molecular formula is C9H17NOS. The molecule has 12 heavy (non-hydrogen) atoms. The summed E-state index contributed by atoms with van der Waals surface area (Å²) >= 11 is 1.79. The van der Waals surface area contributed by atoms with Gasteiger partial charge in [0.1, 0.15) is 0 Å². The van der Waals surface area contributed by atoms with Gasteiger partial charge in [0.2, 0.25) is 0 Å². The second-order valence-electron chi connectivity index (χ2n) is 2.35. The first-order valence-corrected chi connectivity index (χ1v) is 5.28. The lowest BCUT2D eigenvalue weighted by molar-refractivity contribution is 0.194. The Kier molecular flexibility index (Phi) is 10.7. The van der Waals surface area contributed by atoms with Gasteiger partial charge in [-0.15, -0.1) is 18.2 Å². The molecular weight excluding hydrogens is 170 g/mol. The molecule has 0 saturated heterocycles. The van der Waals surface area contributed by atoms with Crippen molar-refractivity contribution in [2.24, 2.45) is 0 Å². The largest absolute Gasteiger partial charge is 0.385 e. The van der Waals surface area contributed by atoms with E-state index in [1.54, 1.807) is 18.9 Å². The fraction of sp³-hybridized carbons (Fsp3) is 0.778. The molecule has 0 aromatic carbocycles. The van der Waals surface area contributed by atoms with Gasteiger partial charge < -0.3 is 10.1 Å². The molecule has 0 aliphatic heterocycles. The second kappa shape index (κ2) is 10.8. The summed E-state index contributed by atoms with van der Waals surface area (Å²) in [6.45, 7) is 2.91. The number of rotatable bonds is 8. The van der Waals surface area contributed by atoms with Crippen LogP contribution < -0.4 is 5.32 Å². The van der Waals surface area contributed by atoms with Crippen LogP contribution in [0.5, 0.6) is 0 Å². The Morgan fingerprint density at radius 1 is 1.50 bits per heavy atom. The summed E-state index contributed by atoms with van der Waals surface area (Å²) in [5.41, 5.74) is 0. The highest BCUT2D eigenvalue weighted by atomic mass is 32.2. The molecule has 0 fully saturated rings. The zero-order chi connectivity index (χ0) is 9.07. The van der Waals surface area contributed by atoms with Gasteiger partial charge in [-0.2, -0.15) is 0 Å². The molecule has 0 unspecified atom stereocenters. The van der Waals surface area contributed by atoms with Crippen LogP contribution in [0.3, 0.4) is 0 Å². The van der Waals surface area contributed by atoms with Crippen molar-refractivity contribution >= 4 is 11.8 Å². The first kappa shape index (κ1) is 11.8. The third-order valence-electron chi connectivity index (χ3n) is 1.31. The van der Waals surface area contributed by atoms with Gasteiger partial charge in [-0.25, -0.2) is 0 Å². The van der Waals surface area contributed by atoms with Crippen molar-refractivity contribution in [3.05, 3.63) is 0 Å². The minimum Gasteiger partial charge on any atom is -0.385 e. The van der Waals surface area contributed by atoms with Crippen molar-refractivity contribution in [1.29, 1.82) is 0 Å². The molecule has 0 saturated carbocycles. The molecule has 0 heterocycles. The fourth-order valence-corrected chi connectivity index (χ4v) is 1.29. The molecule has 1 N–H and O–H groups in total. The summed E-state index contributed by atoms with van der Waals surface area (Å²) in [6, 6.07) is 0. The van der Waals surface area contributed by atoms with E-state index in [2.05, 4.69) is 11.2 Å². The number of ether oxygens (including phenoxy) is 1. The Morgan fingerprint density at radius 2 is 2.33 bits per heavy atom. The van der Waals surface area contributed by atoms with Crippen LogP contribution >= 0.6 is 11.8 Å². The molecule has 0 aromatic heterocycles. The summed E-state index contributed by atoms with van der Waals surface area (Å²) in [4.78, 5) is 0. The van der Waals surface area contributed by atoms with Gasteiger partial charge in [0.25, 0.3) is 0 Å². The Morgan fingerprint density at radius 3 is 3.00 bits per heavy atom. The zero-order valence-electron chi connectivity index (χ0n) is 7.64. The highest BCUT2D eigenvalue weighted by Crippen LogP contribution is 1.94. The van der Waals surface area contributed by atoms with Crippen LogP contribution in [0, 0.1) is 12.3 Å². The average Bonchev–Trinajstić information content (AvgIpc) is 2.10. The van der Waals surface area contributed by atoms with Crippen molar-refractivity contribution in [2.45, 2.75) is 6.42 Å². The van der Waals surface area contributed by atoms with Crippen molar-refractivity contribution in [3.8, 4) is 12.3 Å². The first-order valence-electron chi connectivity index (χ1n) is 4.12. The number of methoxy groups -OCH3 is 1. The van der Waals surface area contributed by atoms with Crippen LogP contribution in [0.15, 0.2) is 0 Å². The maximum absolute atomic E-state index is 5.10. The topological polar surface area (TPSA) is 21.3 Å². The molecule has 0 aromatic rings. The molecule has 70 valence electrons. The smallest absolute Gasteiger partial charge is 0.0545 e. The lowest BCUT2D eigenvalue weighted by Crippen LogP contribution is -2.19. The predicted octanol–water partition coefficient (Wildman–Crippen LogP) is 0.979. The molecule has 0 aliphatic carbocycles. The molecule has 0 bridgehead atoms. The third kappa shape index (κ3) is 9.83. The molecule has 3 heteroatoms. The quantitative estimate of drug-likeness (QED) is 0.452. The van der Waals surface area contributed by atoms with Crippen molar-refractivity contribution < 1.29 is 4.74 Å². The van der Waals surface area contributed by atoms with E-state index in [1.807, 2.05) is 0 Å².